The van der Waals surface area contributed by atoms with Crippen LogP contribution < -0.4 is 11.1 Å². The average molecular weight is 198 g/mol. The first-order chi connectivity index (χ1) is 6.74. The predicted octanol–water partition coefficient (Wildman–Crippen LogP) is 1.44. The summed E-state index contributed by atoms with van der Waals surface area (Å²) in [5.41, 5.74) is 5.52. The molecule has 0 saturated heterocycles. The van der Waals surface area contributed by atoms with Crippen molar-refractivity contribution in [2.45, 2.75) is 33.1 Å². The van der Waals surface area contributed by atoms with Gasteiger partial charge < -0.3 is 11.1 Å². The van der Waals surface area contributed by atoms with E-state index in [1.54, 1.807) is 0 Å². The van der Waals surface area contributed by atoms with Crippen molar-refractivity contribution >= 4 is 5.91 Å². The molecule has 0 aliphatic rings. The molecule has 1 unspecified atom stereocenters. The Hall–Kier alpha value is -0.830. The molecule has 0 aromatic rings. The van der Waals surface area contributed by atoms with Gasteiger partial charge in [0, 0.05) is 13.0 Å². The monoisotopic (exact) mass is 198 g/mol. The minimum absolute atomic E-state index is 0.117. The van der Waals surface area contributed by atoms with Gasteiger partial charge in [-0.1, -0.05) is 25.5 Å². The highest BCUT2D eigenvalue weighted by molar-refractivity contribution is 5.76. The van der Waals surface area contributed by atoms with Gasteiger partial charge in [0.2, 0.25) is 5.91 Å². The summed E-state index contributed by atoms with van der Waals surface area (Å²) in [5, 5.41) is 2.87. The number of hydrogen-bond donors (Lipinski definition) is 2. The summed E-state index contributed by atoms with van der Waals surface area (Å²) >= 11 is 0. The van der Waals surface area contributed by atoms with Gasteiger partial charge in [-0.25, -0.2) is 0 Å². The Morgan fingerprint density at radius 1 is 1.57 bits per heavy atom. The van der Waals surface area contributed by atoms with Crippen LogP contribution in [0.2, 0.25) is 0 Å². The normalized spacial score (nSPS) is 13.1. The predicted molar refractivity (Wildman–Crippen MR) is 59.9 cm³/mol. The second-order valence-electron chi connectivity index (χ2n) is 3.42. The van der Waals surface area contributed by atoms with Gasteiger partial charge in [-0.05, 0) is 25.8 Å². The van der Waals surface area contributed by atoms with Crippen LogP contribution in [-0.4, -0.2) is 19.0 Å². The van der Waals surface area contributed by atoms with Gasteiger partial charge in [0.1, 0.15) is 0 Å². The molecule has 0 aromatic heterocycles. The molecule has 0 fully saturated rings. The number of carbonyl (C=O) groups excluding carboxylic acids is 1. The van der Waals surface area contributed by atoms with Gasteiger partial charge >= 0.3 is 0 Å². The summed E-state index contributed by atoms with van der Waals surface area (Å²) in [6, 6.07) is 0. The number of amides is 1. The van der Waals surface area contributed by atoms with Crippen molar-refractivity contribution in [3.8, 4) is 0 Å². The fourth-order valence-electron chi connectivity index (χ4n) is 1.19. The molecule has 3 heteroatoms. The third-order valence-electron chi connectivity index (χ3n) is 2.25. The number of rotatable bonds is 7. The molecule has 0 aliphatic heterocycles. The number of carbonyl (C=O) groups is 1. The topological polar surface area (TPSA) is 55.1 Å². The van der Waals surface area contributed by atoms with E-state index in [0.29, 0.717) is 18.9 Å². The maximum atomic E-state index is 11.3. The van der Waals surface area contributed by atoms with Crippen molar-refractivity contribution in [1.29, 1.82) is 0 Å². The lowest BCUT2D eigenvalue weighted by Crippen LogP contribution is -2.28. The van der Waals surface area contributed by atoms with E-state index in [0.717, 1.165) is 19.4 Å². The van der Waals surface area contributed by atoms with Gasteiger partial charge in [-0.15, -0.1) is 0 Å². The van der Waals surface area contributed by atoms with Gasteiger partial charge in [0.25, 0.3) is 0 Å². The van der Waals surface area contributed by atoms with Crippen LogP contribution >= 0.6 is 0 Å². The van der Waals surface area contributed by atoms with Gasteiger partial charge in [-0.3, -0.25) is 4.79 Å². The Bertz CT molecular complexity index is 174. The molecule has 0 saturated carbocycles. The highest BCUT2D eigenvalue weighted by atomic mass is 16.1. The van der Waals surface area contributed by atoms with Crippen LogP contribution in [0.4, 0.5) is 0 Å². The Balaban J connectivity index is 3.53. The molecule has 0 spiro atoms. The quantitative estimate of drug-likeness (QED) is 0.480. The van der Waals surface area contributed by atoms with Crippen LogP contribution in [0.1, 0.15) is 33.1 Å². The highest BCUT2D eigenvalue weighted by Crippen LogP contribution is 2.04. The van der Waals surface area contributed by atoms with E-state index in [-0.39, 0.29) is 5.91 Å². The Morgan fingerprint density at radius 3 is 2.79 bits per heavy atom. The van der Waals surface area contributed by atoms with Gasteiger partial charge in [-0.2, -0.15) is 0 Å². The van der Waals surface area contributed by atoms with Crippen molar-refractivity contribution in [3.05, 3.63) is 12.2 Å². The molecule has 82 valence electrons. The van der Waals surface area contributed by atoms with E-state index in [1.165, 1.54) is 0 Å². The Labute approximate surface area is 86.8 Å². The zero-order chi connectivity index (χ0) is 10.8. The molecule has 0 heterocycles. The molecule has 1 amide bonds. The van der Waals surface area contributed by atoms with Gasteiger partial charge in [0.05, 0.1) is 0 Å². The van der Waals surface area contributed by atoms with Crippen LogP contribution in [0.25, 0.3) is 0 Å². The smallest absolute Gasteiger partial charge is 0.220 e. The van der Waals surface area contributed by atoms with Crippen molar-refractivity contribution < 1.29 is 4.79 Å². The molecule has 0 bridgehead atoms. The molecular formula is C11H22N2O. The molecule has 1 atom stereocenters. The first kappa shape index (κ1) is 13.2. The van der Waals surface area contributed by atoms with Crippen molar-refractivity contribution in [1.82, 2.24) is 5.32 Å². The summed E-state index contributed by atoms with van der Waals surface area (Å²) in [6.45, 7) is 5.36. The molecule has 3 nitrogen and oxygen atoms in total. The zero-order valence-electron chi connectivity index (χ0n) is 9.25. The minimum atomic E-state index is 0.117. The zero-order valence-corrected chi connectivity index (χ0v) is 9.25. The van der Waals surface area contributed by atoms with Crippen molar-refractivity contribution in [2.75, 3.05) is 13.1 Å². The maximum absolute atomic E-state index is 11.3. The number of nitrogens with two attached hydrogens (primary N) is 1. The highest BCUT2D eigenvalue weighted by Gasteiger charge is 2.09. The summed E-state index contributed by atoms with van der Waals surface area (Å²) in [4.78, 5) is 11.3. The third-order valence-corrected chi connectivity index (χ3v) is 2.25. The largest absolute Gasteiger partial charge is 0.356 e. The third kappa shape index (κ3) is 6.66. The van der Waals surface area contributed by atoms with Crippen molar-refractivity contribution in [2.24, 2.45) is 11.7 Å². The minimum Gasteiger partial charge on any atom is -0.356 e. The molecule has 0 radical (unpaired) electrons. The SMILES string of the molecule is C/C=C/CCNC(=O)CC(CC)CN. The summed E-state index contributed by atoms with van der Waals surface area (Å²) in [6.07, 6.45) is 6.46. The summed E-state index contributed by atoms with van der Waals surface area (Å²) in [5.74, 6) is 0.448. The number of nitrogens with one attached hydrogen (secondary N) is 1. The molecule has 0 aromatic carbocycles. The maximum Gasteiger partial charge on any atom is 0.220 e. The molecule has 0 aliphatic carbocycles. The second-order valence-corrected chi connectivity index (χ2v) is 3.42. The van der Waals surface area contributed by atoms with Crippen LogP contribution in [0.3, 0.4) is 0 Å². The van der Waals surface area contributed by atoms with Crippen LogP contribution in [0, 0.1) is 5.92 Å². The van der Waals surface area contributed by atoms with E-state index in [9.17, 15) is 4.79 Å². The molecular weight excluding hydrogens is 176 g/mol. The van der Waals surface area contributed by atoms with Crippen LogP contribution in [-0.2, 0) is 4.79 Å². The summed E-state index contributed by atoms with van der Waals surface area (Å²) < 4.78 is 0. The molecule has 3 N–H and O–H groups in total. The van der Waals surface area contributed by atoms with E-state index >= 15 is 0 Å². The lowest BCUT2D eigenvalue weighted by Gasteiger charge is -2.11. The fourth-order valence-corrected chi connectivity index (χ4v) is 1.19. The number of hydrogen-bond acceptors (Lipinski definition) is 2. The standard InChI is InChI=1S/C11H22N2O/c1-3-5-6-7-13-11(14)8-10(4-2)9-12/h3,5,10H,4,6-9,12H2,1-2H3,(H,13,14)/b5-3+. The van der Waals surface area contributed by atoms with E-state index in [1.807, 2.05) is 19.1 Å². The van der Waals surface area contributed by atoms with Gasteiger partial charge in [0.15, 0.2) is 0 Å². The first-order valence-electron chi connectivity index (χ1n) is 5.32. The van der Waals surface area contributed by atoms with Crippen LogP contribution in [0.5, 0.6) is 0 Å². The van der Waals surface area contributed by atoms with E-state index in [4.69, 9.17) is 5.73 Å². The van der Waals surface area contributed by atoms with E-state index in [2.05, 4.69) is 12.2 Å². The summed E-state index contributed by atoms with van der Waals surface area (Å²) in [7, 11) is 0. The lowest BCUT2D eigenvalue weighted by molar-refractivity contribution is -0.121. The van der Waals surface area contributed by atoms with E-state index < -0.39 is 0 Å². The molecule has 0 rings (SSSR count). The second kappa shape index (κ2) is 8.75. The van der Waals surface area contributed by atoms with Crippen molar-refractivity contribution in [3.63, 3.8) is 0 Å². The number of allylic oxidation sites excluding steroid dienone is 1. The van der Waals surface area contributed by atoms with Crippen LogP contribution in [0.15, 0.2) is 12.2 Å². The Kier molecular flexibility index (Phi) is 8.24. The fraction of sp³-hybridized carbons (Fsp3) is 0.727. The lowest BCUT2D eigenvalue weighted by atomic mass is 10.0. The average Bonchev–Trinajstić information content (AvgIpc) is 2.21. The first-order valence-corrected chi connectivity index (χ1v) is 5.32. The molecule has 14 heavy (non-hydrogen) atoms. The Morgan fingerprint density at radius 2 is 2.29 bits per heavy atom.